The van der Waals surface area contributed by atoms with Crippen LogP contribution in [0, 0.1) is 6.92 Å². The van der Waals surface area contributed by atoms with Crippen LogP contribution in [-0.4, -0.2) is 17.5 Å². The number of benzene rings is 2. The minimum Gasteiger partial charge on any atom is -0.492 e. The topological polar surface area (TPSA) is 51.2 Å². The lowest BCUT2D eigenvalue weighted by Gasteiger charge is -2.17. The SMILES string of the molecule is Cc1cc2c(cc1-c1ccc(NC(=O)c3ccccc3Cl)nc1)C(C)(C)CO2. The van der Waals surface area contributed by atoms with Crippen LogP contribution in [0.5, 0.6) is 5.75 Å². The first-order chi connectivity index (χ1) is 13.3. The Bertz CT molecular complexity index is 1060. The van der Waals surface area contributed by atoms with E-state index in [1.807, 2.05) is 6.07 Å². The number of halogens is 1. The summed E-state index contributed by atoms with van der Waals surface area (Å²) >= 11 is 6.09. The minimum absolute atomic E-state index is 0.00587. The van der Waals surface area contributed by atoms with Gasteiger partial charge in [-0.05, 0) is 54.4 Å². The summed E-state index contributed by atoms with van der Waals surface area (Å²) in [6.07, 6.45) is 1.78. The van der Waals surface area contributed by atoms with E-state index in [0.29, 0.717) is 23.0 Å². The number of aromatic nitrogens is 1. The fourth-order valence-electron chi connectivity index (χ4n) is 3.43. The second kappa shape index (κ2) is 6.95. The van der Waals surface area contributed by atoms with E-state index in [2.05, 4.69) is 43.2 Å². The standard InChI is InChI=1S/C23H21ClN2O2/c1-14-10-20-18(23(2,3)13-28-20)11-17(14)15-8-9-21(25-12-15)26-22(27)16-6-4-5-7-19(16)24/h4-12H,13H2,1-3H3,(H,25,26,27). The molecular formula is C23H21ClN2O2. The van der Waals surface area contributed by atoms with E-state index >= 15 is 0 Å². The van der Waals surface area contributed by atoms with Crippen LogP contribution in [0.15, 0.2) is 54.7 Å². The summed E-state index contributed by atoms with van der Waals surface area (Å²) in [7, 11) is 0. The Morgan fingerprint density at radius 1 is 1.18 bits per heavy atom. The highest BCUT2D eigenvalue weighted by Gasteiger charge is 2.32. The molecule has 1 amide bonds. The first kappa shape index (κ1) is 18.5. The van der Waals surface area contributed by atoms with Crippen LogP contribution in [-0.2, 0) is 5.41 Å². The molecule has 28 heavy (non-hydrogen) atoms. The number of aryl methyl sites for hydroxylation is 1. The molecule has 2 aromatic carbocycles. The van der Waals surface area contributed by atoms with Crippen LogP contribution in [0.4, 0.5) is 5.82 Å². The van der Waals surface area contributed by atoms with Gasteiger partial charge in [0.15, 0.2) is 0 Å². The zero-order valence-electron chi connectivity index (χ0n) is 16.0. The van der Waals surface area contributed by atoms with E-state index in [9.17, 15) is 4.79 Å². The summed E-state index contributed by atoms with van der Waals surface area (Å²) in [5, 5.41) is 3.20. The number of carbonyl (C=O) groups is 1. The highest BCUT2D eigenvalue weighted by atomic mass is 35.5. The highest BCUT2D eigenvalue weighted by Crippen LogP contribution is 2.42. The molecule has 1 N–H and O–H groups in total. The number of nitrogens with one attached hydrogen (secondary N) is 1. The van der Waals surface area contributed by atoms with Gasteiger partial charge < -0.3 is 10.1 Å². The predicted molar refractivity (Wildman–Crippen MR) is 112 cm³/mol. The van der Waals surface area contributed by atoms with Crippen LogP contribution in [0.2, 0.25) is 5.02 Å². The Morgan fingerprint density at radius 3 is 2.68 bits per heavy atom. The maximum Gasteiger partial charge on any atom is 0.258 e. The van der Waals surface area contributed by atoms with Gasteiger partial charge in [-0.25, -0.2) is 4.98 Å². The van der Waals surface area contributed by atoms with Crippen molar-refractivity contribution in [1.82, 2.24) is 4.98 Å². The monoisotopic (exact) mass is 392 g/mol. The molecule has 0 spiro atoms. The largest absolute Gasteiger partial charge is 0.492 e. The normalized spacial score (nSPS) is 14.3. The summed E-state index contributed by atoms with van der Waals surface area (Å²) in [5.74, 6) is 1.16. The summed E-state index contributed by atoms with van der Waals surface area (Å²) in [6, 6.07) is 15.0. The van der Waals surface area contributed by atoms with Gasteiger partial charge in [0.05, 0.1) is 17.2 Å². The van der Waals surface area contributed by atoms with Crippen molar-refractivity contribution < 1.29 is 9.53 Å². The van der Waals surface area contributed by atoms with Crippen molar-refractivity contribution in [2.24, 2.45) is 0 Å². The fraction of sp³-hybridized carbons (Fsp3) is 0.217. The Kier molecular flexibility index (Phi) is 4.60. The summed E-state index contributed by atoms with van der Waals surface area (Å²) in [4.78, 5) is 16.8. The molecule has 4 nitrogen and oxygen atoms in total. The van der Waals surface area contributed by atoms with E-state index in [0.717, 1.165) is 22.4 Å². The second-order valence-corrected chi connectivity index (χ2v) is 8.11. The molecule has 0 fully saturated rings. The number of ether oxygens (including phenoxy) is 1. The lowest BCUT2D eigenvalue weighted by atomic mass is 9.84. The van der Waals surface area contributed by atoms with Crippen molar-refractivity contribution in [2.75, 3.05) is 11.9 Å². The molecule has 0 saturated carbocycles. The molecule has 4 rings (SSSR count). The minimum atomic E-state index is -0.279. The van der Waals surface area contributed by atoms with Crippen LogP contribution < -0.4 is 10.1 Å². The lowest BCUT2D eigenvalue weighted by Crippen LogP contribution is -2.18. The molecule has 142 valence electrons. The van der Waals surface area contributed by atoms with E-state index in [-0.39, 0.29) is 11.3 Å². The maximum absolute atomic E-state index is 12.4. The first-order valence-corrected chi connectivity index (χ1v) is 9.53. The number of hydrogen-bond donors (Lipinski definition) is 1. The summed E-state index contributed by atoms with van der Waals surface area (Å²) in [5.41, 5.74) is 4.88. The van der Waals surface area contributed by atoms with Gasteiger partial charge in [0.1, 0.15) is 11.6 Å². The van der Waals surface area contributed by atoms with Gasteiger partial charge in [-0.3, -0.25) is 4.79 Å². The van der Waals surface area contributed by atoms with E-state index in [4.69, 9.17) is 16.3 Å². The lowest BCUT2D eigenvalue weighted by molar-refractivity contribution is 0.102. The second-order valence-electron chi connectivity index (χ2n) is 7.70. The molecule has 0 atom stereocenters. The highest BCUT2D eigenvalue weighted by molar-refractivity contribution is 6.34. The number of rotatable bonds is 3. The van der Waals surface area contributed by atoms with E-state index < -0.39 is 0 Å². The van der Waals surface area contributed by atoms with Crippen LogP contribution >= 0.6 is 11.6 Å². The van der Waals surface area contributed by atoms with Gasteiger partial charge >= 0.3 is 0 Å². The predicted octanol–water partition coefficient (Wildman–Crippen LogP) is 5.63. The molecule has 1 aliphatic rings. The number of nitrogens with zero attached hydrogens (tertiary/aromatic N) is 1. The maximum atomic E-state index is 12.4. The van der Waals surface area contributed by atoms with Crippen LogP contribution in [0.3, 0.4) is 0 Å². The van der Waals surface area contributed by atoms with Crippen LogP contribution in [0.1, 0.15) is 35.3 Å². The Morgan fingerprint density at radius 2 is 1.96 bits per heavy atom. The number of pyridine rings is 1. The Labute approximate surface area is 169 Å². The van der Waals surface area contributed by atoms with Crippen molar-refractivity contribution in [3.8, 4) is 16.9 Å². The van der Waals surface area contributed by atoms with E-state index in [1.54, 1.807) is 36.5 Å². The van der Waals surface area contributed by atoms with Crippen molar-refractivity contribution in [3.63, 3.8) is 0 Å². The third-order valence-corrected chi connectivity index (χ3v) is 5.41. The van der Waals surface area contributed by atoms with Crippen molar-refractivity contribution in [3.05, 3.63) is 76.4 Å². The number of carbonyl (C=O) groups excluding carboxylic acids is 1. The fourth-order valence-corrected chi connectivity index (χ4v) is 3.65. The molecule has 3 aromatic rings. The van der Waals surface area contributed by atoms with Gasteiger partial charge in [0.25, 0.3) is 5.91 Å². The van der Waals surface area contributed by atoms with Gasteiger partial charge in [0, 0.05) is 22.7 Å². The molecule has 5 heteroatoms. The zero-order chi connectivity index (χ0) is 19.9. The quantitative estimate of drug-likeness (QED) is 0.628. The average Bonchev–Trinajstić information content (AvgIpc) is 2.96. The summed E-state index contributed by atoms with van der Waals surface area (Å²) in [6.45, 7) is 7.13. The molecule has 0 radical (unpaired) electrons. The number of amides is 1. The van der Waals surface area contributed by atoms with Crippen molar-refractivity contribution >= 4 is 23.3 Å². The molecule has 0 bridgehead atoms. The molecular weight excluding hydrogens is 372 g/mol. The van der Waals surface area contributed by atoms with Crippen molar-refractivity contribution in [1.29, 1.82) is 0 Å². The van der Waals surface area contributed by atoms with Gasteiger partial charge in [0.2, 0.25) is 0 Å². The molecule has 1 aromatic heterocycles. The number of hydrogen-bond acceptors (Lipinski definition) is 3. The third kappa shape index (κ3) is 3.36. The zero-order valence-corrected chi connectivity index (χ0v) is 16.8. The summed E-state index contributed by atoms with van der Waals surface area (Å²) < 4.78 is 5.83. The van der Waals surface area contributed by atoms with Gasteiger partial charge in [-0.1, -0.05) is 37.6 Å². The van der Waals surface area contributed by atoms with E-state index in [1.165, 1.54) is 5.56 Å². The molecule has 1 aliphatic heterocycles. The first-order valence-electron chi connectivity index (χ1n) is 9.15. The Balaban J connectivity index is 1.59. The number of anilines is 1. The average molecular weight is 393 g/mol. The molecule has 0 unspecified atom stereocenters. The molecule has 0 saturated heterocycles. The smallest absolute Gasteiger partial charge is 0.258 e. The van der Waals surface area contributed by atoms with Crippen LogP contribution in [0.25, 0.3) is 11.1 Å². The van der Waals surface area contributed by atoms with Gasteiger partial charge in [-0.15, -0.1) is 0 Å². The Hall–Kier alpha value is -2.85. The third-order valence-electron chi connectivity index (χ3n) is 5.08. The van der Waals surface area contributed by atoms with Crippen molar-refractivity contribution in [2.45, 2.75) is 26.2 Å². The molecule has 2 heterocycles. The van der Waals surface area contributed by atoms with Gasteiger partial charge in [-0.2, -0.15) is 0 Å². The molecule has 0 aliphatic carbocycles. The number of fused-ring (bicyclic) bond motifs is 1.